The highest BCUT2D eigenvalue weighted by Gasteiger charge is 2.49. The molecule has 34 heavy (non-hydrogen) atoms. The fourth-order valence-electron chi connectivity index (χ4n) is 4.42. The molecule has 2 fully saturated rings. The molecule has 4 amide bonds. The monoisotopic (exact) mass is 485 g/mol. The Hall–Kier alpha value is -3.40. The number of imide groups is 1. The number of amides is 4. The molecular formula is C24H27N3O6S. The number of hydrogen-bond acceptors (Lipinski definition) is 6. The van der Waals surface area contributed by atoms with Crippen LogP contribution in [-0.2, 0) is 25.0 Å². The van der Waals surface area contributed by atoms with Crippen molar-refractivity contribution in [2.45, 2.75) is 48.3 Å². The van der Waals surface area contributed by atoms with Gasteiger partial charge in [0.2, 0.25) is 5.91 Å². The first-order valence-electron chi connectivity index (χ1n) is 11.1. The normalized spacial score (nSPS) is 20.9. The molecule has 2 N–H and O–H groups in total. The molecule has 4 rings (SSSR count). The van der Waals surface area contributed by atoms with Crippen LogP contribution in [0.1, 0.15) is 38.2 Å². The van der Waals surface area contributed by atoms with Gasteiger partial charge in [0.1, 0.15) is 17.8 Å². The second-order valence-electron chi connectivity index (χ2n) is 8.70. The van der Waals surface area contributed by atoms with E-state index in [1.807, 2.05) is 0 Å². The molecule has 0 bridgehead atoms. The quantitative estimate of drug-likeness (QED) is 0.582. The molecule has 2 aromatic rings. The standard InChI is InChI=1S/C24H27N3O6S/c1-24(16-7-11-18(33-2)12-8-16)22(29)27(23(30)26-24)15-21(28)25-17-9-13-20(14-10-17)34(31,32)19-5-3-4-6-19/h7-14,19H,3-6,15H2,1-2H3,(H,25,28)(H,26,30). The molecule has 9 nitrogen and oxygen atoms in total. The number of urea groups is 1. The van der Waals surface area contributed by atoms with Crippen LogP contribution >= 0.6 is 0 Å². The van der Waals surface area contributed by atoms with E-state index in [1.54, 1.807) is 31.2 Å². The molecule has 1 atom stereocenters. The van der Waals surface area contributed by atoms with Gasteiger partial charge >= 0.3 is 6.03 Å². The van der Waals surface area contributed by atoms with Crippen LogP contribution < -0.4 is 15.4 Å². The van der Waals surface area contributed by atoms with E-state index in [0.29, 0.717) is 29.8 Å². The number of carbonyl (C=O) groups is 3. The van der Waals surface area contributed by atoms with Gasteiger partial charge in [0.25, 0.3) is 5.91 Å². The maximum Gasteiger partial charge on any atom is 0.325 e. The first-order valence-corrected chi connectivity index (χ1v) is 12.6. The van der Waals surface area contributed by atoms with Crippen molar-refractivity contribution in [3.05, 3.63) is 54.1 Å². The minimum Gasteiger partial charge on any atom is -0.497 e. The Morgan fingerprint density at radius 2 is 1.71 bits per heavy atom. The largest absolute Gasteiger partial charge is 0.497 e. The second-order valence-corrected chi connectivity index (χ2v) is 10.9. The van der Waals surface area contributed by atoms with E-state index in [4.69, 9.17) is 4.74 Å². The molecule has 1 aliphatic heterocycles. The predicted octanol–water partition coefficient (Wildman–Crippen LogP) is 2.82. The second kappa shape index (κ2) is 9.09. The number of methoxy groups -OCH3 is 1. The third kappa shape index (κ3) is 4.37. The number of rotatable bonds is 7. The van der Waals surface area contributed by atoms with Crippen molar-refractivity contribution in [1.82, 2.24) is 10.2 Å². The molecular weight excluding hydrogens is 458 g/mol. The molecule has 0 radical (unpaired) electrons. The van der Waals surface area contributed by atoms with Crippen molar-refractivity contribution < 1.29 is 27.5 Å². The fraction of sp³-hybridized carbons (Fsp3) is 0.375. The number of carbonyl (C=O) groups excluding carboxylic acids is 3. The average molecular weight is 486 g/mol. The number of nitrogens with one attached hydrogen (secondary N) is 2. The minimum atomic E-state index is -3.39. The van der Waals surface area contributed by atoms with Gasteiger partial charge in [-0.1, -0.05) is 25.0 Å². The molecule has 0 spiro atoms. The van der Waals surface area contributed by atoms with Crippen molar-refractivity contribution in [1.29, 1.82) is 0 Å². The maximum absolute atomic E-state index is 13.0. The molecule has 1 aliphatic carbocycles. The molecule has 1 unspecified atom stereocenters. The zero-order valence-corrected chi connectivity index (χ0v) is 19.9. The van der Waals surface area contributed by atoms with Crippen LogP contribution in [0.2, 0.25) is 0 Å². The Balaban J connectivity index is 1.41. The molecule has 1 saturated heterocycles. The number of ether oxygens (including phenoxy) is 1. The van der Waals surface area contributed by atoms with E-state index in [9.17, 15) is 22.8 Å². The van der Waals surface area contributed by atoms with Gasteiger partial charge in [0.15, 0.2) is 9.84 Å². The van der Waals surface area contributed by atoms with Crippen LogP contribution in [0.3, 0.4) is 0 Å². The van der Waals surface area contributed by atoms with Crippen molar-refractivity contribution in [2.24, 2.45) is 0 Å². The lowest BCUT2D eigenvalue weighted by Gasteiger charge is -2.22. The van der Waals surface area contributed by atoms with Crippen molar-refractivity contribution >= 4 is 33.4 Å². The summed E-state index contributed by atoms with van der Waals surface area (Å²) in [5, 5.41) is 4.92. The molecule has 10 heteroatoms. The van der Waals surface area contributed by atoms with Gasteiger partial charge < -0.3 is 15.4 Å². The lowest BCUT2D eigenvalue weighted by Crippen LogP contribution is -2.42. The van der Waals surface area contributed by atoms with Gasteiger partial charge in [0.05, 0.1) is 17.3 Å². The summed E-state index contributed by atoms with van der Waals surface area (Å²) in [5.41, 5.74) is -0.367. The zero-order chi connectivity index (χ0) is 24.5. The first kappa shape index (κ1) is 23.7. The zero-order valence-electron chi connectivity index (χ0n) is 19.0. The molecule has 2 aromatic carbocycles. The summed E-state index contributed by atoms with van der Waals surface area (Å²) in [6, 6.07) is 12.0. The molecule has 180 valence electrons. The van der Waals surface area contributed by atoms with E-state index >= 15 is 0 Å². The van der Waals surface area contributed by atoms with Crippen LogP contribution in [0.5, 0.6) is 5.75 Å². The van der Waals surface area contributed by atoms with Crippen molar-refractivity contribution in [2.75, 3.05) is 19.0 Å². The summed E-state index contributed by atoms with van der Waals surface area (Å²) >= 11 is 0. The SMILES string of the molecule is COc1ccc(C2(C)NC(=O)N(CC(=O)Nc3ccc(S(=O)(=O)C4CCCC4)cc3)C2=O)cc1. The van der Waals surface area contributed by atoms with Gasteiger partial charge in [-0.05, 0) is 61.7 Å². The fourth-order valence-corrected chi connectivity index (χ4v) is 6.28. The topological polar surface area (TPSA) is 122 Å². The van der Waals surface area contributed by atoms with Crippen LogP contribution in [0, 0.1) is 0 Å². The van der Waals surface area contributed by atoms with Crippen LogP contribution in [0.4, 0.5) is 10.5 Å². The summed E-state index contributed by atoms with van der Waals surface area (Å²) in [7, 11) is -1.86. The Bertz CT molecular complexity index is 1200. The molecule has 0 aromatic heterocycles. The Morgan fingerprint density at radius 3 is 2.29 bits per heavy atom. The molecule has 1 heterocycles. The highest BCUT2D eigenvalue weighted by molar-refractivity contribution is 7.92. The summed E-state index contributed by atoms with van der Waals surface area (Å²) < 4.78 is 30.5. The number of nitrogens with zero attached hydrogens (tertiary/aromatic N) is 1. The number of anilines is 1. The summed E-state index contributed by atoms with van der Waals surface area (Å²) in [6.07, 6.45) is 3.17. The van der Waals surface area contributed by atoms with Crippen LogP contribution in [0.15, 0.2) is 53.4 Å². The predicted molar refractivity (Wildman–Crippen MR) is 125 cm³/mol. The van der Waals surface area contributed by atoms with E-state index in [2.05, 4.69) is 10.6 Å². The van der Waals surface area contributed by atoms with Gasteiger partial charge in [-0.3, -0.25) is 14.5 Å². The number of benzene rings is 2. The summed E-state index contributed by atoms with van der Waals surface area (Å²) in [6.45, 7) is 1.11. The molecule has 2 aliphatic rings. The Kier molecular flexibility index (Phi) is 6.35. The van der Waals surface area contributed by atoms with Crippen molar-refractivity contribution in [3.63, 3.8) is 0 Å². The average Bonchev–Trinajstić information content (AvgIpc) is 3.44. The minimum absolute atomic E-state index is 0.224. The molecule has 1 saturated carbocycles. The van der Waals surface area contributed by atoms with Gasteiger partial charge in [-0.25, -0.2) is 13.2 Å². The summed E-state index contributed by atoms with van der Waals surface area (Å²) in [4.78, 5) is 39.2. The number of hydrogen-bond donors (Lipinski definition) is 2. The van der Waals surface area contributed by atoms with Crippen molar-refractivity contribution in [3.8, 4) is 5.75 Å². The Labute approximate surface area is 198 Å². The lowest BCUT2D eigenvalue weighted by molar-refractivity contribution is -0.133. The van der Waals surface area contributed by atoms with Gasteiger partial charge in [-0.15, -0.1) is 0 Å². The Morgan fingerprint density at radius 1 is 1.09 bits per heavy atom. The smallest absolute Gasteiger partial charge is 0.325 e. The van der Waals surface area contributed by atoms with E-state index in [-0.39, 0.29) is 10.1 Å². The number of sulfone groups is 1. The van der Waals surface area contributed by atoms with E-state index in [0.717, 1.165) is 17.7 Å². The van der Waals surface area contributed by atoms with Crippen LogP contribution in [0.25, 0.3) is 0 Å². The third-order valence-electron chi connectivity index (χ3n) is 6.45. The van der Waals surface area contributed by atoms with E-state index in [1.165, 1.54) is 31.4 Å². The maximum atomic E-state index is 13.0. The third-order valence-corrected chi connectivity index (χ3v) is 8.73. The van der Waals surface area contributed by atoms with Gasteiger partial charge in [0, 0.05) is 5.69 Å². The first-order chi connectivity index (χ1) is 16.1. The van der Waals surface area contributed by atoms with Crippen LogP contribution in [-0.4, -0.2) is 50.1 Å². The highest BCUT2D eigenvalue weighted by atomic mass is 32.2. The van der Waals surface area contributed by atoms with E-state index < -0.39 is 39.8 Å². The highest BCUT2D eigenvalue weighted by Crippen LogP contribution is 2.31. The lowest BCUT2D eigenvalue weighted by atomic mass is 9.92. The van der Waals surface area contributed by atoms with Gasteiger partial charge in [-0.2, -0.15) is 0 Å². The summed E-state index contributed by atoms with van der Waals surface area (Å²) in [5.74, 6) is -0.507.